The molecular formula is C26H23N3O3. The molecule has 32 heavy (non-hydrogen) atoms. The number of aliphatic hydroxyl groups is 1. The molecule has 0 saturated carbocycles. The van der Waals surface area contributed by atoms with Crippen molar-refractivity contribution in [1.29, 1.82) is 0 Å². The molecule has 0 radical (unpaired) electrons. The normalized spacial score (nSPS) is 19.1. The highest BCUT2D eigenvalue weighted by Gasteiger charge is 2.43. The first-order valence-corrected chi connectivity index (χ1v) is 10.6. The van der Waals surface area contributed by atoms with Gasteiger partial charge in [-0.1, -0.05) is 72.8 Å². The number of aromatic nitrogens is 2. The first-order valence-electron chi connectivity index (χ1n) is 10.6. The van der Waals surface area contributed by atoms with Gasteiger partial charge in [-0.25, -0.2) is 4.98 Å². The van der Waals surface area contributed by atoms with Crippen LogP contribution in [0, 0.1) is 0 Å². The first kappa shape index (κ1) is 20.2. The van der Waals surface area contributed by atoms with Crippen molar-refractivity contribution in [3.63, 3.8) is 0 Å². The highest BCUT2D eigenvalue weighted by molar-refractivity contribution is 5.84. The molecule has 5 rings (SSSR count). The minimum atomic E-state index is -1.05. The van der Waals surface area contributed by atoms with Crippen LogP contribution in [0.4, 0.5) is 0 Å². The number of benzene rings is 3. The third-order valence-electron chi connectivity index (χ3n) is 6.10. The number of nitrogens with zero attached hydrogens (tertiary/aromatic N) is 3. The van der Waals surface area contributed by atoms with Crippen LogP contribution in [0.15, 0.2) is 89.7 Å². The third-order valence-corrected chi connectivity index (χ3v) is 6.10. The second-order valence-corrected chi connectivity index (χ2v) is 8.09. The van der Waals surface area contributed by atoms with Crippen LogP contribution in [0.3, 0.4) is 0 Å². The predicted molar refractivity (Wildman–Crippen MR) is 122 cm³/mol. The molecule has 1 N–H and O–H groups in total. The number of carbonyl (C=O) groups is 1. The van der Waals surface area contributed by atoms with Gasteiger partial charge in [0.1, 0.15) is 24.0 Å². The molecule has 4 aromatic rings. The van der Waals surface area contributed by atoms with Crippen LogP contribution in [-0.2, 0) is 11.3 Å². The first-order chi connectivity index (χ1) is 15.6. The van der Waals surface area contributed by atoms with E-state index >= 15 is 0 Å². The van der Waals surface area contributed by atoms with Crippen LogP contribution >= 0.6 is 0 Å². The SMILES string of the molecule is C[C@H]1C(=O)N(Cc2ccccc2)[C@@H]([C@@H](O)c2ccccc2)c2nc3ccccc3c(=O)n21. The van der Waals surface area contributed by atoms with Crippen LogP contribution in [-0.4, -0.2) is 25.5 Å². The van der Waals surface area contributed by atoms with Crippen LogP contribution in [0.25, 0.3) is 10.9 Å². The molecule has 160 valence electrons. The summed E-state index contributed by atoms with van der Waals surface area (Å²) < 4.78 is 1.45. The zero-order chi connectivity index (χ0) is 22.2. The van der Waals surface area contributed by atoms with Crippen LogP contribution in [0.1, 0.15) is 42.1 Å². The molecule has 1 aliphatic heterocycles. The molecule has 1 aromatic heterocycles. The lowest BCUT2D eigenvalue weighted by Crippen LogP contribution is -2.50. The Hall–Kier alpha value is -3.77. The Morgan fingerprint density at radius 3 is 2.25 bits per heavy atom. The molecule has 0 unspecified atom stereocenters. The van der Waals surface area contributed by atoms with Gasteiger partial charge < -0.3 is 10.0 Å². The summed E-state index contributed by atoms with van der Waals surface area (Å²) in [6.07, 6.45) is -1.05. The number of amides is 1. The van der Waals surface area contributed by atoms with E-state index in [9.17, 15) is 14.7 Å². The number of fused-ring (bicyclic) bond motifs is 2. The van der Waals surface area contributed by atoms with Gasteiger partial charge >= 0.3 is 0 Å². The van der Waals surface area contributed by atoms with E-state index in [-0.39, 0.29) is 11.5 Å². The predicted octanol–water partition coefficient (Wildman–Crippen LogP) is 3.77. The fourth-order valence-electron chi connectivity index (χ4n) is 4.47. The van der Waals surface area contributed by atoms with Gasteiger partial charge in [-0.3, -0.25) is 14.2 Å². The molecule has 6 heteroatoms. The van der Waals surface area contributed by atoms with Gasteiger partial charge in [0.15, 0.2) is 0 Å². The van der Waals surface area contributed by atoms with Crippen LogP contribution in [0.5, 0.6) is 0 Å². The molecule has 0 fully saturated rings. The van der Waals surface area contributed by atoms with Crippen LogP contribution < -0.4 is 5.56 Å². The number of hydrogen-bond acceptors (Lipinski definition) is 4. The summed E-state index contributed by atoms with van der Waals surface area (Å²) in [5.41, 5.74) is 1.88. The summed E-state index contributed by atoms with van der Waals surface area (Å²) in [4.78, 5) is 33.4. The maximum absolute atomic E-state index is 13.6. The fraction of sp³-hybridized carbons (Fsp3) is 0.192. The van der Waals surface area contributed by atoms with Gasteiger partial charge in [0.05, 0.1) is 10.9 Å². The lowest BCUT2D eigenvalue weighted by atomic mass is 9.95. The van der Waals surface area contributed by atoms with Gasteiger partial charge in [0, 0.05) is 6.54 Å². The van der Waals surface area contributed by atoms with Crippen molar-refractivity contribution in [1.82, 2.24) is 14.5 Å². The summed E-state index contributed by atoms with van der Waals surface area (Å²) in [7, 11) is 0. The summed E-state index contributed by atoms with van der Waals surface area (Å²) >= 11 is 0. The van der Waals surface area contributed by atoms with Crippen molar-refractivity contribution < 1.29 is 9.90 Å². The standard InChI is InChI=1S/C26H23N3O3/c1-17-25(31)28(16-18-10-4-2-5-11-18)22(23(30)19-12-6-3-7-13-19)24-27-21-15-9-8-14-20(21)26(32)29(17)24/h2-15,17,22-23,30H,16H2,1H3/t17-,22-,23-/m0/s1. The molecule has 0 aliphatic carbocycles. The Morgan fingerprint density at radius 2 is 1.53 bits per heavy atom. The number of aliphatic hydroxyl groups excluding tert-OH is 1. The minimum absolute atomic E-state index is 0.222. The Kier molecular flexibility index (Phi) is 5.07. The monoisotopic (exact) mass is 425 g/mol. The van der Waals surface area contributed by atoms with E-state index in [0.717, 1.165) is 5.56 Å². The maximum atomic E-state index is 13.6. The van der Waals surface area contributed by atoms with Gasteiger partial charge in [0.2, 0.25) is 5.91 Å². The average molecular weight is 425 g/mol. The lowest BCUT2D eigenvalue weighted by Gasteiger charge is -2.42. The Labute approximate surface area is 185 Å². The van der Waals surface area contributed by atoms with E-state index < -0.39 is 18.2 Å². The molecule has 0 saturated heterocycles. The fourth-order valence-corrected chi connectivity index (χ4v) is 4.47. The van der Waals surface area contributed by atoms with E-state index in [4.69, 9.17) is 4.98 Å². The van der Waals surface area contributed by atoms with Gasteiger partial charge in [-0.05, 0) is 30.2 Å². The molecule has 1 amide bonds. The summed E-state index contributed by atoms with van der Waals surface area (Å²) in [6.45, 7) is 2.02. The highest BCUT2D eigenvalue weighted by Crippen LogP contribution is 2.39. The average Bonchev–Trinajstić information content (AvgIpc) is 2.83. The quantitative estimate of drug-likeness (QED) is 0.540. The molecule has 3 atom stereocenters. The van der Waals surface area contributed by atoms with Crippen molar-refractivity contribution in [3.8, 4) is 0 Å². The molecule has 0 bridgehead atoms. The summed E-state index contributed by atoms with van der Waals surface area (Å²) in [6, 6.07) is 24.4. The molecule has 2 heterocycles. The molecule has 3 aromatic carbocycles. The number of hydrogen-bond donors (Lipinski definition) is 1. The van der Waals surface area contributed by atoms with Gasteiger partial charge in [0.25, 0.3) is 5.56 Å². The third kappa shape index (κ3) is 3.29. The van der Waals surface area contributed by atoms with E-state index in [1.165, 1.54) is 4.57 Å². The van der Waals surface area contributed by atoms with Crippen molar-refractivity contribution in [2.75, 3.05) is 0 Å². The van der Waals surface area contributed by atoms with E-state index in [0.29, 0.717) is 28.8 Å². The van der Waals surface area contributed by atoms with Crippen molar-refractivity contribution in [3.05, 3.63) is 112 Å². The van der Waals surface area contributed by atoms with E-state index in [1.54, 1.807) is 30.0 Å². The number of carbonyl (C=O) groups excluding carboxylic acids is 1. The highest BCUT2D eigenvalue weighted by atomic mass is 16.3. The largest absolute Gasteiger partial charge is 0.386 e. The maximum Gasteiger partial charge on any atom is 0.262 e. The second kappa shape index (κ2) is 8.05. The zero-order valence-electron chi connectivity index (χ0n) is 17.6. The Balaban J connectivity index is 1.73. The van der Waals surface area contributed by atoms with E-state index in [2.05, 4.69) is 0 Å². The Bertz CT molecular complexity index is 1340. The molecule has 0 spiro atoms. The summed E-state index contributed by atoms with van der Waals surface area (Å²) in [5.74, 6) is 0.175. The molecule has 1 aliphatic rings. The van der Waals surface area contributed by atoms with E-state index in [1.807, 2.05) is 66.7 Å². The second-order valence-electron chi connectivity index (χ2n) is 8.09. The number of para-hydroxylation sites is 1. The van der Waals surface area contributed by atoms with Gasteiger partial charge in [-0.15, -0.1) is 0 Å². The lowest BCUT2D eigenvalue weighted by molar-refractivity contribution is -0.144. The molecular weight excluding hydrogens is 402 g/mol. The van der Waals surface area contributed by atoms with Gasteiger partial charge in [-0.2, -0.15) is 0 Å². The topological polar surface area (TPSA) is 75.4 Å². The molecule has 6 nitrogen and oxygen atoms in total. The summed E-state index contributed by atoms with van der Waals surface area (Å²) in [5, 5.41) is 11.9. The number of rotatable bonds is 4. The van der Waals surface area contributed by atoms with Crippen LogP contribution in [0.2, 0.25) is 0 Å². The van der Waals surface area contributed by atoms with Crippen molar-refractivity contribution in [2.24, 2.45) is 0 Å². The minimum Gasteiger partial charge on any atom is -0.386 e. The van der Waals surface area contributed by atoms with Crippen molar-refractivity contribution in [2.45, 2.75) is 31.7 Å². The zero-order valence-corrected chi connectivity index (χ0v) is 17.6. The van der Waals surface area contributed by atoms with Crippen molar-refractivity contribution >= 4 is 16.8 Å². The smallest absolute Gasteiger partial charge is 0.262 e. The Morgan fingerprint density at radius 1 is 0.906 bits per heavy atom.